The van der Waals surface area contributed by atoms with E-state index in [0.717, 1.165) is 5.75 Å². The summed E-state index contributed by atoms with van der Waals surface area (Å²) in [5.74, 6) is 0.533. The number of carbonyl (C=O) groups excluding carboxylic acids is 1. The van der Waals surface area contributed by atoms with Gasteiger partial charge in [-0.3, -0.25) is 9.78 Å². The van der Waals surface area contributed by atoms with Gasteiger partial charge in [-0.05, 0) is 30.3 Å². The van der Waals surface area contributed by atoms with Crippen molar-refractivity contribution < 1.29 is 9.53 Å². The third-order valence-corrected chi connectivity index (χ3v) is 2.21. The second-order valence-electron chi connectivity index (χ2n) is 3.36. The van der Waals surface area contributed by atoms with Gasteiger partial charge in [-0.2, -0.15) is 0 Å². The fourth-order valence-electron chi connectivity index (χ4n) is 1.34. The Hall–Kier alpha value is -2.36. The fourth-order valence-corrected chi connectivity index (χ4v) is 1.34. The Bertz CT molecular complexity index is 495. The number of nitrogens with one attached hydrogen (secondary N) is 1. The van der Waals surface area contributed by atoms with Crippen LogP contribution in [0.25, 0.3) is 0 Å². The Morgan fingerprint density at radius 3 is 2.71 bits per heavy atom. The molecule has 0 fully saturated rings. The van der Waals surface area contributed by atoms with Crippen LogP contribution < -0.4 is 10.1 Å². The van der Waals surface area contributed by atoms with Gasteiger partial charge in [-0.15, -0.1) is 0 Å². The molecule has 0 aliphatic rings. The zero-order valence-electron chi connectivity index (χ0n) is 9.31. The van der Waals surface area contributed by atoms with Gasteiger partial charge in [0.05, 0.1) is 19.0 Å². The van der Waals surface area contributed by atoms with Gasteiger partial charge in [0, 0.05) is 17.8 Å². The van der Waals surface area contributed by atoms with Crippen molar-refractivity contribution in [2.24, 2.45) is 0 Å². The number of hydrogen-bond donors (Lipinski definition) is 1. The number of hydrogen-bond acceptors (Lipinski definition) is 3. The standard InChI is InChI=1S/C13H11N2O2/c1-17-12-6-4-10(5-7-12)13(16)15-11-3-2-8-14-9-11/h3-9H,1H3,(H,15,16). The Morgan fingerprint density at radius 2 is 2.12 bits per heavy atom. The first-order valence-corrected chi connectivity index (χ1v) is 5.06. The molecule has 0 aliphatic carbocycles. The molecule has 1 amide bonds. The highest BCUT2D eigenvalue weighted by atomic mass is 16.5. The van der Waals surface area contributed by atoms with Crippen molar-refractivity contribution in [1.82, 2.24) is 4.98 Å². The van der Waals surface area contributed by atoms with Crippen molar-refractivity contribution in [2.45, 2.75) is 0 Å². The predicted molar refractivity (Wildman–Crippen MR) is 64.0 cm³/mol. The lowest BCUT2D eigenvalue weighted by Crippen LogP contribution is -2.11. The minimum absolute atomic E-state index is 0.186. The summed E-state index contributed by atoms with van der Waals surface area (Å²) in [5.41, 5.74) is 1.18. The molecule has 0 unspecified atom stereocenters. The normalized spacial score (nSPS) is 9.71. The van der Waals surface area contributed by atoms with Crippen molar-refractivity contribution in [3.05, 3.63) is 54.4 Å². The van der Waals surface area contributed by atoms with Gasteiger partial charge >= 0.3 is 0 Å². The molecule has 1 aromatic heterocycles. The van der Waals surface area contributed by atoms with Crippen LogP contribution in [0, 0.1) is 6.07 Å². The lowest BCUT2D eigenvalue weighted by atomic mass is 10.2. The number of methoxy groups -OCH3 is 1. The Balaban J connectivity index is 2.09. The van der Waals surface area contributed by atoms with E-state index in [2.05, 4.69) is 16.4 Å². The molecular weight excluding hydrogens is 216 g/mol. The topological polar surface area (TPSA) is 51.2 Å². The zero-order valence-corrected chi connectivity index (χ0v) is 9.31. The van der Waals surface area contributed by atoms with Gasteiger partial charge in [0.15, 0.2) is 0 Å². The lowest BCUT2D eigenvalue weighted by molar-refractivity contribution is 0.102. The second-order valence-corrected chi connectivity index (χ2v) is 3.36. The minimum atomic E-state index is -0.186. The summed E-state index contributed by atoms with van der Waals surface area (Å²) in [6.07, 6.45) is 3.10. The van der Waals surface area contributed by atoms with Gasteiger partial charge < -0.3 is 10.1 Å². The lowest BCUT2D eigenvalue weighted by Gasteiger charge is -2.05. The van der Waals surface area contributed by atoms with Crippen molar-refractivity contribution in [3.8, 4) is 5.75 Å². The zero-order chi connectivity index (χ0) is 12.1. The molecular formula is C13H11N2O2. The number of anilines is 1. The van der Waals surface area contributed by atoms with Gasteiger partial charge in [-0.25, -0.2) is 0 Å². The average Bonchev–Trinajstić information content (AvgIpc) is 2.40. The molecule has 0 saturated carbocycles. The molecule has 85 valence electrons. The first-order valence-electron chi connectivity index (χ1n) is 5.06. The molecule has 0 bridgehead atoms. The molecule has 0 spiro atoms. The van der Waals surface area contributed by atoms with Crippen molar-refractivity contribution >= 4 is 11.6 Å². The summed E-state index contributed by atoms with van der Waals surface area (Å²) in [6, 6.07) is 11.3. The number of ether oxygens (including phenoxy) is 1. The molecule has 1 aromatic carbocycles. The molecule has 2 rings (SSSR count). The van der Waals surface area contributed by atoms with Crippen LogP contribution in [0.5, 0.6) is 5.75 Å². The maximum Gasteiger partial charge on any atom is 0.255 e. The Labute approximate surface area is 99.3 Å². The predicted octanol–water partition coefficient (Wildman–Crippen LogP) is 2.14. The highest BCUT2D eigenvalue weighted by Crippen LogP contribution is 2.12. The first kappa shape index (κ1) is 11.1. The van der Waals surface area contributed by atoms with Crippen LogP contribution in [0.2, 0.25) is 0 Å². The van der Waals surface area contributed by atoms with Crippen LogP contribution in [0.15, 0.2) is 42.7 Å². The smallest absolute Gasteiger partial charge is 0.255 e. The minimum Gasteiger partial charge on any atom is -0.497 e. The molecule has 2 aromatic rings. The quantitative estimate of drug-likeness (QED) is 0.874. The van der Waals surface area contributed by atoms with E-state index < -0.39 is 0 Å². The largest absolute Gasteiger partial charge is 0.497 e. The summed E-state index contributed by atoms with van der Waals surface area (Å²) < 4.78 is 5.02. The van der Waals surface area contributed by atoms with Crippen LogP contribution >= 0.6 is 0 Å². The number of carbonyl (C=O) groups is 1. The average molecular weight is 227 g/mol. The van der Waals surface area contributed by atoms with Gasteiger partial charge in [0.1, 0.15) is 5.75 Å². The monoisotopic (exact) mass is 227 g/mol. The highest BCUT2D eigenvalue weighted by Gasteiger charge is 2.05. The Kier molecular flexibility index (Phi) is 3.35. The molecule has 1 radical (unpaired) electrons. The molecule has 4 nitrogen and oxygen atoms in total. The summed E-state index contributed by atoms with van der Waals surface area (Å²) in [5, 5.41) is 2.72. The fraction of sp³-hybridized carbons (Fsp3) is 0.0769. The van der Waals surface area contributed by atoms with E-state index >= 15 is 0 Å². The number of aromatic nitrogens is 1. The number of nitrogens with zero attached hydrogens (tertiary/aromatic N) is 1. The van der Waals surface area contributed by atoms with Crippen molar-refractivity contribution in [1.29, 1.82) is 0 Å². The van der Waals surface area contributed by atoms with Crippen molar-refractivity contribution in [2.75, 3.05) is 12.4 Å². The third kappa shape index (κ3) is 2.81. The van der Waals surface area contributed by atoms with Crippen LogP contribution in [0.4, 0.5) is 5.69 Å². The SMILES string of the molecule is COc1ccc(C(=O)Nc2c[c]cnc2)cc1. The van der Waals surface area contributed by atoms with E-state index in [1.807, 2.05) is 0 Å². The van der Waals surface area contributed by atoms with Gasteiger partial charge in [0.2, 0.25) is 0 Å². The summed E-state index contributed by atoms with van der Waals surface area (Å²) in [6.45, 7) is 0. The van der Waals surface area contributed by atoms with Crippen LogP contribution in [-0.4, -0.2) is 18.0 Å². The first-order chi connectivity index (χ1) is 8.29. The molecule has 1 heterocycles. The van der Waals surface area contributed by atoms with Gasteiger partial charge in [0.25, 0.3) is 5.91 Å². The maximum absolute atomic E-state index is 11.8. The van der Waals surface area contributed by atoms with E-state index in [4.69, 9.17) is 4.74 Å². The van der Waals surface area contributed by atoms with E-state index in [9.17, 15) is 4.79 Å². The highest BCUT2D eigenvalue weighted by molar-refractivity contribution is 6.04. The van der Waals surface area contributed by atoms with Crippen LogP contribution in [0.1, 0.15) is 10.4 Å². The molecule has 17 heavy (non-hydrogen) atoms. The van der Waals surface area contributed by atoms with Crippen molar-refractivity contribution in [3.63, 3.8) is 0 Å². The van der Waals surface area contributed by atoms with E-state index in [-0.39, 0.29) is 5.91 Å². The number of amides is 1. The Morgan fingerprint density at radius 1 is 1.35 bits per heavy atom. The molecule has 0 atom stereocenters. The van der Waals surface area contributed by atoms with Crippen LogP contribution in [0.3, 0.4) is 0 Å². The van der Waals surface area contributed by atoms with E-state index in [0.29, 0.717) is 11.3 Å². The second kappa shape index (κ2) is 5.12. The number of benzene rings is 1. The summed E-state index contributed by atoms with van der Waals surface area (Å²) >= 11 is 0. The maximum atomic E-state index is 11.8. The third-order valence-electron chi connectivity index (χ3n) is 2.21. The molecule has 1 N–H and O–H groups in total. The number of rotatable bonds is 3. The summed E-state index contributed by atoms with van der Waals surface area (Å²) in [7, 11) is 1.58. The number of pyridine rings is 1. The molecule has 4 heteroatoms. The van der Waals surface area contributed by atoms with Gasteiger partial charge in [-0.1, -0.05) is 0 Å². The van der Waals surface area contributed by atoms with E-state index in [1.54, 1.807) is 43.6 Å². The van der Waals surface area contributed by atoms with Crippen LogP contribution in [-0.2, 0) is 0 Å². The van der Waals surface area contributed by atoms with E-state index in [1.165, 1.54) is 6.20 Å². The molecule has 0 saturated heterocycles. The summed E-state index contributed by atoms with van der Waals surface area (Å²) in [4.78, 5) is 15.7. The molecule has 0 aliphatic heterocycles.